The summed E-state index contributed by atoms with van der Waals surface area (Å²) in [5.41, 5.74) is 7.35. The van der Waals surface area contributed by atoms with Gasteiger partial charge in [0.1, 0.15) is 6.61 Å². The maximum Gasteiger partial charge on any atom is 0.297 e. The molecule has 3 aromatic rings. The molecule has 0 aliphatic carbocycles. The first kappa shape index (κ1) is 14.0. The Hall–Kier alpha value is -2.95. The second-order valence-corrected chi connectivity index (χ2v) is 5.09. The number of nitrogens with two attached hydrogens (primary N) is 1. The minimum atomic E-state index is -0.397. The number of pyridine rings is 1. The number of benzene rings is 2. The summed E-state index contributed by atoms with van der Waals surface area (Å²) in [6.07, 6.45) is 0. The van der Waals surface area contributed by atoms with Gasteiger partial charge in [0.15, 0.2) is 5.75 Å². The minimum Gasteiger partial charge on any atom is -0.504 e. The standard InChI is InChI=1S/C17H16N2O3/c1-19-14-9-12(18)7-8-13(14)15(20)16(17(19)21)22-10-11-5-3-2-4-6-11/h2-9,20H,10,18H2,1H3. The van der Waals surface area contributed by atoms with Crippen LogP contribution in [0.2, 0.25) is 0 Å². The second-order valence-electron chi connectivity index (χ2n) is 5.09. The Labute approximate surface area is 127 Å². The molecule has 0 unspecified atom stereocenters. The van der Waals surface area contributed by atoms with Crippen LogP contribution in [-0.2, 0) is 13.7 Å². The fourth-order valence-corrected chi connectivity index (χ4v) is 2.37. The molecule has 3 N–H and O–H groups in total. The van der Waals surface area contributed by atoms with E-state index >= 15 is 0 Å². The first-order chi connectivity index (χ1) is 10.6. The third kappa shape index (κ3) is 2.37. The zero-order valence-electron chi connectivity index (χ0n) is 12.1. The summed E-state index contributed by atoms with van der Waals surface area (Å²) in [6.45, 7) is 0.212. The van der Waals surface area contributed by atoms with Crippen molar-refractivity contribution in [1.82, 2.24) is 4.57 Å². The van der Waals surface area contributed by atoms with Crippen LogP contribution in [0.25, 0.3) is 10.9 Å². The Kier molecular flexibility index (Phi) is 3.47. The fraction of sp³-hybridized carbons (Fsp3) is 0.118. The predicted molar refractivity (Wildman–Crippen MR) is 86.0 cm³/mol. The maximum absolute atomic E-state index is 12.4. The highest BCUT2D eigenvalue weighted by Crippen LogP contribution is 2.32. The van der Waals surface area contributed by atoms with Crippen molar-refractivity contribution < 1.29 is 9.84 Å². The molecular weight excluding hydrogens is 280 g/mol. The van der Waals surface area contributed by atoms with Gasteiger partial charge < -0.3 is 20.1 Å². The molecular formula is C17H16N2O3. The highest BCUT2D eigenvalue weighted by Gasteiger charge is 2.16. The molecule has 5 nitrogen and oxygen atoms in total. The van der Waals surface area contributed by atoms with E-state index in [1.165, 1.54) is 4.57 Å². The van der Waals surface area contributed by atoms with Crippen LogP contribution in [-0.4, -0.2) is 9.67 Å². The van der Waals surface area contributed by atoms with Crippen LogP contribution in [0.1, 0.15) is 5.56 Å². The second kappa shape index (κ2) is 5.44. The van der Waals surface area contributed by atoms with Crippen LogP contribution in [0, 0.1) is 0 Å². The van der Waals surface area contributed by atoms with E-state index in [2.05, 4.69) is 0 Å². The summed E-state index contributed by atoms with van der Waals surface area (Å²) in [5, 5.41) is 10.9. The van der Waals surface area contributed by atoms with Crippen LogP contribution in [0.5, 0.6) is 11.5 Å². The average Bonchev–Trinajstić information content (AvgIpc) is 2.53. The molecule has 5 heteroatoms. The summed E-state index contributed by atoms with van der Waals surface area (Å²) >= 11 is 0. The minimum absolute atomic E-state index is 0.0522. The van der Waals surface area contributed by atoms with Gasteiger partial charge in [-0.2, -0.15) is 0 Å². The van der Waals surface area contributed by atoms with Crippen LogP contribution in [0.4, 0.5) is 5.69 Å². The van der Waals surface area contributed by atoms with E-state index in [1.807, 2.05) is 30.3 Å². The summed E-state index contributed by atoms with van der Waals surface area (Å²) in [6, 6.07) is 14.5. The number of nitrogen functional groups attached to an aromatic ring is 1. The quantitative estimate of drug-likeness (QED) is 0.728. The van der Waals surface area contributed by atoms with Crippen molar-refractivity contribution in [2.24, 2.45) is 7.05 Å². The van der Waals surface area contributed by atoms with E-state index in [9.17, 15) is 9.90 Å². The van der Waals surface area contributed by atoms with Crippen molar-refractivity contribution in [2.45, 2.75) is 6.61 Å². The molecule has 0 saturated heterocycles. The number of hydrogen-bond donors (Lipinski definition) is 2. The Morgan fingerprint density at radius 2 is 1.91 bits per heavy atom. The van der Waals surface area contributed by atoms with E-state index in [-0.39, 0.29) is 18.1 Å². The molecule has 1 heterocycles. The van der Waals surface area contributed by atoms with Gasteiger partial charge in [0.2, 0.25) is 5.75 Å². The van der Waals surface area contributed by atoms with Crippen molar-refractivity contribution in [3.05, 3.63) is 64.4 Å². The monoisotopic (exact) mass is 296 g/mol. The van der Waals surface area contributed by atoms with Crippen LogP contribution < -0.4 is 16.0 Å². The number of rotatable bonds is 3. The molecule has 0 radical (unpaired) electrons. The third-order valence-electron chi connectivity index (χ3n) is 3.58. The number of aryl methyl sites for hydroxylation is 1. The lowest BCUT2D eigenvalue weighted by Gasteiger charge is -2.13. The number of aromatic nitrogens is 1. The van der Waals surface area contributed by atoms with Crippen LogP contribution >= 0.6 is 0 Å². The van der Waals surface area contributed by atoms with Crippen molar-refractivity contribution in [3.63, 3.8) is 0 Å². The molecule has 0 amide bonds. The Morgan fingerprint density at radius 3 is 2.64 bits per heavy atom. The van der Waals surface area contributed by atoms with Gasteiger partial charge in [-0.3, -0.25) is 4.79 Å². The summed E-state index contributed by atoms with van der Waals surface area (Å²) in [4.78, 5) is 12.4. The lowest BCUT2D eigenvalue weighted by atomic mass is 10.1. The predicted octanol–water partition coefficient (Wildman–Crippen LogP) is 2.41. The van der Waals surface area contributed by atoms with E-state index in [4.69, 9.17) is 10.5 Å². The van der Waals surface area contributed by atoms with Gasteiger partial charge in [0.25, 0.3) is 5.56 Å². The topological polar surface area (TPSA) is 77.5 Å². The summed E-state index contributed by atoms with van der Waals surface area (Å²) in [7, 11) is 1.62. The lowest BCUT2D eigenvalue weighted by Crippen LogP contribution is -2.20. The molecule has 112 valence electrons. The largest absolute Gasteiger partial charge is 0.504 e. The van der Waals surface area contributed by atoms with Crippen LogP contribution in [0.15, 0.2) is 53.3 Å². The van der Waals surface area contributed by atoms with Gasteiger partial charge >= 0.3 is 0 Å². The third-order valence-corrected chi connectivity index (χ3v) is 3.58. The first-order valence-corrected chi connectivity index (χ1v) is 6.86. The molecule has 22 heavy (non-hydrogen) atoms. The highest BCUT2D eigenvalue weighted by atomic mass is 16.5. The number of anilines is 1. The fourth-order valence-electron chi connectivity index (χ4n) is 2.37. The maximum atomic E-state index is 12.4. The van der Waals surface area contributed by atoms with Gasteiger partial charge in [-0.1, -0.05) is 30.3 Å². The molecule has 2 aromatic carbocycles. The van der Waals surface area contributed by atoms with E-state index < -0.39 is 5.56 Å². The first-order valence-electron chi connectivity index (χ1n) is 6.86. The molecule has 0 spiro atoms. The van der Waals surface area contributed by atoms with Gasteiger partial charge in [0.05, 0.1) is 5.52 Å². The SMILES string of the molecule is Cn1c(=O)c(OCc2ccccc2)c(O)c2ccc(N)cc21. The Balaban J connectivity index is 2.06. The van der Waals surface area contributed by atoms with Crippen molar-refractivity contribution in [3.8, 4) is 11.5 Å². The molecule has 0 bridgehead atoms. The van der Waals surface area contributed by atoms with Gasteiger partial charge in [-0.15, -0.1) is 0 Å². The molecule has 1 aromatic heterocycles. The van der Waals surface area contributed by atoms with E-state index in [0.717, 1.165) is 5.56 Å². The molecule has 0 atom stereocenters. The molecule has 0 fully saturated rings. The normalized spacial score (nSPS) is 10.8. The Bertz CT molecular complexity index is 886. The smallest absolute Gasteiger partial charge is 0.297 e. The van der Waals surface area contributed by atoms with Gasteiger partial charge in [0, 0.05) is 18.1 Å². The zero-order chi connectivity index (χ0) is 15.7. The molecule has 0 aliphatic rings. The number of ether oxygens (including phenoxy) is 1. The number of fused-ring (bicyclic) bond motifs is 1. The van der Waals surface area contributed by atoms with Gasteiger partial charge in [-0.25, -0.2) is 0 Å². The number of nitrogens with zero attached hydrogens (tertiary/aromatic N) is 1. The average molecular weight is 296 g/mol. The van der Waals surface area contributed by atoms with Crippen molar-refractivity contribution in [2.75, 3.05) is 5.73 Å². The highest BCUT2D eigenvalue weighted by molar-refractivity contribution is 5.89. The summed E-state index contributed by atoms with van der Waals surface area (Å²) < 4.78 is 6.98. The summed E-state index contributed by atoms with van der Waals surface area (Å²) in [5.74, 6) is -0.211. The molecule has 3 rings (SSSR count). The van der Waals surface area contributed by atoms with Crippen LogP contribution in [0.3, 0.4) is 0 Å². The van der Waals surface area contributed by atoms with Gasteiger partial charge in [-0.05, 0) is 23.8 Å². The van der Waals surface area contributed by atoms with E-state index in [1.54, 1.807) is 25.2 Å². The van der Waals surface area contributed by atoms with E-state index in [0.29, 0.717) is 16.6 Å². The zero-order valence-corrected chi connectivity index (χ0v) is 12.1. The number of aromatic hydroxyl groups is 1. The Morgan fingerprint density at radius 1 is 1.18 bits per heavy atom. The van der Waals surface area contributed by atoms with Crippen molar-refractivity contribution in [1.29, 1.82) is 0 Å². The molecule has 0 saturated carbocycles. The number of hydrogen-bond acceptors (Lipinski definition) is 4. The van der Waals surface area contributed by atoms with Crippen molar-refractivity contribution >= 4 is 16.6 Å². The lowest BCUT2D eigenvalue weighted by molar-refractivity contribution is 0.284. The molecule has 0 aliphatic heterocycles.